The van der Waals surface area contributed by atoms with Crippen LogP contribution in [0.1, 0.15) is 29.5 Å². The van der Waals surface area contributed by atoms with Gasteiger partial charge in [0, 0.05) is 6.54 Å². The van der Waals surface area contributed by atoms with Crippen LogP contribution in [-0.2, 0) is 16.8 Å². The van der Waals surface area contributed by atoms with Crippen molar-refractivity contribution >= 4 is 11.9 Å². The lowest BCUT2D eigenvalue weighted by molar-refractivity contribution is -0.133. The van der Waals surface area contributed by atoms with Gasteiger partial charge in [-0.1, -0.05) is 23.8 Å². The number of nitrogens with zero attached hydrogens (tertiary/aromatic N) is 2. The Morgan fingerprint density at radius 1 is 1.13 bits per heavy atom. The highest BCUT2D eigenvalue weighted by Crippen LogP contribution is 2.41. The fourth-order valence-electron chi connectivity index (χ4n) is 4.37. The predicted molar refractivity (Wildman–Crippen MR) is 117 cm³/mol. The lowest BCUT2D eigenvalue weighted by Crippen LogP contribution is -2.47. The molecule has 1 aliphatic heterocycles. The summed E-state index contributed by atoms with van der Waals surface area (Å²) in [6.45, 7) is 3.31. The Labute approximate surface area is 182 Å². The number of aryl methyl sites for hydroxylation is 2. The minimum absolute atomic E-state index is 0.185. The monoisotopic (exact) mass is 423 g/mol. The van der Waals surface area contributed by atoms with Gasteiger partial charge in [0.15, 0.2) is 0 Å². The highest BCUT2D eigenvalue weighted by Gasteiger charge is 2.54. The Morgan fingerprint density at radius 2 is 1.87 bits per heavy atom. The van der Waals surface area contributed by atoms with Crippen LogP contribution in [0.2, 0.25) is 0 Å². The molecule has 7 heteroatoms. The van der Waals surface area contributed by atoms with Crippen LogP contribution in [-0.4, -0.2) is 55.7 Å². The van der Waals surface area contributed by atoms with Crippen molar-refractivity contribution in [1.82, 2.24) is 15.1 Å². The molecular formula is C24H29N3O4. The van der Waals surface area contributed by atoms with Crippen molar-refractivity contribution in [3.63, 3.8) is 0 Å². The van der Waals surface area contributed by atoms with Crippen molar-refractivity contribution in [2.75, 3.05) is 34.0 Å². The van der Waals surface area contributed by atoms with Gasteiger partial charge in [0.25, 0.3) is 5.91 Å². The van der Waals surface area contributed by atoms with E-state index in [1.165, 1.54) is 10.5 Å². The third-order valence-electron chi connectivity index (χ3n) is 6.09. The van der Waals surface area contributed by atoms with E-state index in [0.717, 1.165) is 35.5 Å². The van der Waals surface area contributed by atoms with Crippen LogP contribution in [0.3, 0.4) is 0 Å². The molecule has 1 atom stereocenters. The van der Waals surface area contributed by atoms with E-state index in [4.69, 9.17) is 9.47 Å². The van der Waals surface area contributed by atoms with Crippen molar-refractivity contribution in [3.8, 4) is 11.5 Å². The molecule has 0 saturated carbocycles. The molecule has 1 spiro atoms. The molecule has 2 aromatic carbocycles. The molecular weight excluding hydrogens is 394 g/mol. The zero-order valence-electron chi connectivity index (χ0n) is 18.3. The number of carbonyl (C=O) groups excluding carboxylic acids is 2. The fourth-order valence-corrected chi connectivity index (χ4v) is 4.37. The average Bonchev–Trinajstić information content (AvgIpc) is 2.99. The van der Waals surface area contributed by atoms with Gasteiger partial charge in [-0.3, -0.25) is 9.69 Å². The highest BCUT2D eigenvalue weighted by molar-refractivity contribution is 6.07. The van der Waals surface area contributed by atoms with E-state index in [0.29, 0.717) is 19.6 Å². The summed E-state index contributed by atoms with van der Waals surface area (Å²) in [5.41, 5.74) is 2.14. The van der Waals surface area contributed by atoms with Gasteiger partial charge >= 0.3 is 6.03 Å². The SMILES string of the molecule is COc1ccc2c(c1)CCCC21NC(=O)N(CN(C)CCOc2ccc(C)cc2)C1=O. The maximum Gasteiger partial charge on any atom is 0.326 e. The number of rotatable bonds is 7. The van der Waals surface area contributed by atoms with Gasteiger partial charge in [-0.15, -0.1) is 0 Å². The first-order valence-corrected chi connectivity index (χ1v) is 10.6. The van der Waals surface area contributed by atoms with Crippen LogP contribution in [0.15, 0.2) is 42.5 Å². The van der Waals surface area contributed by atoms with E-state index >= 15 is 0 Å². The number of ether oxygens (including phenoxy) is 2. The van der Waals surface area contributed by atoms with E-state index in [1.54, 1.807) is 7.11 Å². The minimum Gasteiger partial charge on any atom is -0.497 e. The summed E-state index contributed by atoms with van der Waals surface area (Å²) in [6, 6.07) is 13.3. The van der Waals surface area contributed by atoms with Crippen molar-refractivity contribution in [2.45, 2.75) is 31.7 Å². The molecule has 2 aliphatic rings. The van der Waals surface area contributed by atoms with Gasteiger partial charge in [-0.2, -0.15) is 0 Å². The standard InChI is InChI=1S/C24H29N3O4/c1-17-6-8-19(9-7-17)31-14-13-26(2)16-27-22(28)24(25-23(27)29)12-4-5-18-15-20(30-3)10-11-21(18)24/h6-11,15H,4-5,12-14,16H2,1-3H3,(H,25,29). The largest absolute Gasteiger partial charge is 0.497 e. The molecule has 4 rings (SSSR count). The van der Waals surface area contributed by atoms with Crippen LogP contribution < -0.4 is 14.8 Å². The first-order valence-electron chi connectivity index (χ1n) is 10.6. The third-order valence-corrected chi connectivity index (χ3v) is 6.09. The summed E-state index contributed by atoms with van der Waals surface area (Å²) >= 11 is 0. The number of amides is 3. The van der Waals surface area contributed by atoms with Gasteiger partial charge in [-0.25, -0.2) is 9.69 Å². The van der Waals surface area contributed by atoms with E-state index in [-0.39, 0.29) is 18.6 Å². The van der Waals surface area contributed by atoms with Crippen LogP contribution in [0, 0.1) is 6.92 Å². The number of hydrogen-bond donors (Lipinski definition) is 1. The van der Waals surface area contributed by atoms with Crippen LogP contribution in [0.5, 0.6) is 11.5 Å². The van der Waals surface area contributed by atoms with E-state index in [9.17, 15) is 9.59 Å². The maximum atomic E-state index is 13.4. The molecule has 164 valence electrons. The zero-order valence-corrected chi connectivity index (χ0v) is 18.3. The second kappa shape index (κ2) is 8.59. The number of carbonyl (C=O) groups is 2. The molecule has 1 unspecified atom stereocenters. The Balaban J connectivity index is 1.41. The lowest BCUT2D eigenvalue weighted by atomic mass is 9.76. The zero-order chi connectivity index (χ0) is 22.0. The predicted octanol–water partition coefficient (Wildman–Crippen LogP) is 3.06. The quantitative estimate of drug-likeness (QED) is 0.693. The number of imide groups is 1. The molecule has 1 saturated heterocycles. The molecule has 3 amide bonds. The smallest absolute Gasteiger partial charge is 0.326 e. The minimum atomic E-state index is -0.976. The Bertz CT molecular complexity index is 975. The summed E-state index contributed by atoms with van der Waals surface area (Å²) < 4.78 is 11.1. The van der Waals surface area contributed by atoms with Crippen molar-refractivity contribution < 1.29 is 19.1 Å². The molecule has 2 aromatic rings. The molecule has 1 heterocycles. The van der Waals surface area contributed by atoms with Gasteiger partial charge in [0.2, 0.25) is 0 Å². The summed E-state index contributed by atoms with van der Waals surface area (Å²) in [6.07, 6.45) is 2.31. The Kier molecular flexibility index (Phi) is 5.87. The second-order valence-corrected chi connectivity index (χ2v) is 8.33. The van der Waals surface area contributed by atoms with E-state index in [2.05, 4.69) is 5.32 Å². The fraction of sp³-hybridized carbons (Fsp3) is 0.417. The molecule has 1 fully saturated rings. The molecule has 0 bridgehead atoms. The number of benzene rings is 2. The van der Waals surface area contributed by atoms with Crippen LogP contribution in [0.25, 0.3) is 0 Å². The second-order valence-electron chi connectivity index (χ2n) is 8.33. The molecule has 0 aromatic heterocycles. The van der Waals surface area contributed by atoms with Gasteiger partial charge in [-0.05, 0) is 68.6 Å². The number of methoxy groups -OCH3 is 1. The Morgan fingerprint density at radius 3 is 2.61 bits per heavy atom. The summed E-state index contributed by atoms with van der Waals surface area (Å²) in [7, 11) is 3.51. The maximum absolute atomic E-state index is 13.4. The molecule has 31 heavy (non-hydrogen) atoms. The number of urea groups is 1. The molecule has 0 radical (unpaired) electrons. The summed E-state index contributed by atoms with van der Waals surface area (Å²) in [4.78, 5) is 29.4. The van der Waals surface area contributed by atoms with Gasteiger partial charge < -0.3 is 14.8 Å². The van der Waals surface area contributed by atoms with Crippen LogP contribution in [0.4, 0.5) is 4.79 Å². The third kappa shape index (κ3) is 4.10. The molecule has 1 N–H and O–H groups in total. The lowest BCUT2D eigenvalue weighted by Gasteiger charge is -2.33. The number of nitrogens with one attached hydrogen (secondary N) is 1. The van der Waals surface area contributed by atoms with Gasteiger partial charge in [0.05, 0.1) is 13.8 Å². The average molecular weight is 424 g/mol. The number of hydrogen-bond acceptors (Lipinski definition) is 5. The Hall–Kier alpha value is -3.06. The number of fused-ring (bicyclic) bond motifs is 2. The van der Waals surface area contributed by atoms with E-state index < -0.39 is 5.54 Å². The van der Waals surface area contributed by atoms with E-state index in [1.807, 2.05) is 61.3 Å². The normalized spacial score (nSPS) is 20.2. The first kappa shape index (κ1) is 21.2. The summed E-state index contributed by atoms with van der Waals surface area (Å²) in [5, 5.41) is 2.99. The van der Waals surface area contributed by atoms with Crippen LogP contribution >= 0.6 is 0 Å². The topological polar surface area (TPSA) is 71.1 Å². The highest BCUT2D eigenvalue weighted by atomic mass is 16.5. The summed E-state index contributed by atoms with van der Waals surface area (Å²) in [5.74, 6) is 1.38. The van der Waals surface area contributed by atoms with Gasteiger partial charge in [0.1, 0.15) is 23.6 Å². The molecule has 7 nitrogen and oxygen atoms in total. The number of likely N-dealkylation sites (N-methyl/N-ethyl adjacent to an activating group) is 1. The van der Waals surface area contributed by atoms with Crippen molar-refractivity contribution in [1.29, 1.82) is 0 Å². The first-order chi connectivity index (χ1) is 14.9. The van der Waals surface area contributed by atoms with Crippen molar-refractivity contribution in [2.24, 2.45) is 0 Å². The van der Waals surface area contributed by atoms with Crippen molar-refractivity contribution in [3.05, 3.63) is 59.2 Å². The molecule has 1 aliphatic carbocycles.